The SMILES string of the molecule is Fc1ccc(N2CC(N3CCN(Cc4cccc(Cl)c4)CC3)=Nc3ccccc32)cc1. The summed E-state index contributed by atoms with van der Waals surface area (Å²) in [6, 6.07) is 22.9. The fourth-order valence-corrected chi connectivity index (χ4v) is 4.48. The maximum atomic E-state index is 13.5. The van der Waals surface area contributed by atoms with Crippen molar-refractivity contribution in [1.29, 1.82) is 0 Å². The number of hydrogen-bond donors (Lipinski definition) is 0. The molecule has 2 aliphatic heterocycles. The minimum atomic E-state index is -0.223. The largest absolute Gasteiger partial charge is 0.356 e. The highest BCUT2D eigenvalue weighted by Crippen LogP contribution is 2.37. The first-order chi connectivity index (χ1) is 15.2. The molecule has 0 unspecified atom stereocenters. The number of amidine groups is 1. The van der Waals surface area contributed by atoms with Crippen LogP contribution in [0.25, 0.3) is 0 Å². The average Bonchev–Trinajstić information content (AvgIpc) is 2.79. The second-order valence-electron chi connectivity index (χ2n) is 7.97. The molecule has 0 spiro atoms. The van der Waals surface area contributed by atoms with Crippen LogP contribution in [0.2, 0.25) is 5.02 Å². The predicted octanol–water partition coefficient (Wildman–Crippen LogP) is 5.48. The molecule has 5 rings (SSSR count). The molecule has 0 radical (unpaired) electrons. The minimum Gasteiger partial charge on any atom is -0.356 e. The van der Waals surface area contributed by atoms with Crippen molar-refractivity contribution in [2.24, 2.45) is 4.99 Å². The van der Waals surface area contributed by atoms with Gasteiger partial charge in [0.25, 0.3) is 0 Å². The number of aliphatic imine (C=N–C) groups is 1. The number of piperazine rings is 1. The summed E-state index contributed by atoms with van der Waals surface area (Å²) in [7, 11) is 0. The minimum absolute atomic E-state index is 0.223. The molecule has 0 aliphatic carbocycles. The van der Waals surface area contributed by atoms with Gasteiger partial charge in [0.1, 0.15) is 11.7 Å². The Labute approximate surface area is 187 Å². The van der Waals surface area contributed by atoms with Gasteiger partial charge in [0.15, 0.2) is 0 Å². The molecule has 0 amide bonds. The summed E-state index contributed by atoms with van der Waals surface area (Å²) in [6.45, 7) is 5.40. The summed E-state index contributed by atoms with van der Waals surface area (Å²) in [5.74, 6) is 0.837. The van der Waals surface area contributed by atoms with Crippen molar-refractivity contribution >= 4 is 34.5 Å². The van der Waals surface area contributed by atoms with Crippen LogP contribution < -0.4 is 4.90 Å². The Bertz CT molecular complexity index is 1090. The number of halogens is 2. The van der Waals surface area contributed by atoms with Crippen LogP contribution in [0, 0.1) is 5.82 Å². The van der Waals surface area contributed by atoms with Crippen molar-refractivity contribution < 1.29 is 4.39 Å². The van der Waals surface area contributed by atoms with Gasteiger partial charge in [-0.05, 0) is 54.1 Å². The van der Waals surface area contributed by atoms with Crippen LogP contribution >= 0.6 is 11.6 Å². The summed E-state index contributed by atoms with van der Waals surface area (Å²) in [4.78, 5) is 12.0. The van der Waals surface area contributed by atoms with Gasteiger partial charge >= 0.3 is 0 Å². The molecular weight excluding hydrogens is 411 g/mol. The first-order valence-corrected chi connectivity index (χ1v) is 10.9. The molecule has 0 N–H and O–H groups in total. The topological polar surface area (TPSA) is 22.1 Å². The number of benzene rings is 3. The predicted molar refractivity (Wildman–Crippen MR) is 125 cm³/mol. The van der Waals surface area contributed by atoms with Crippen LogP contribution in [0.5, 0.6) is 0 Å². The van der Waals surface area contributed by atoms with Crippen molar-refractivity contribution in [2.75, 3.05) is 37.6 Å². The second-order valence-corrected chi connectivity index (χ2v) is 8.41. The van der Waals surface area contributed by atoms with E-state index < -0.39 is 0 Å². The number of rotatable bonds is 3. The Balaban J connectivity index is 1.31. The molecule has 2 heterocycles. The number of hydrogen-bond acceptors (Lipinski definition) is 4. The summed E-state index contributed by atoms with van der Waals surface area (Å²) in [5, 5.41) is 0.784. The van der Waals surface area contributed by atoms with Crippen molar-refractivity contribution in [1.82, 2.24) is 9.80 Å². The molecule has 0 bridgehead atoms. The van der Waals surface area contributed by atoms with Crippen molar-refractivity contribution in [2.45, 2.75) is 6.54 Å². The van der Waals surface area contributed by atoms with Gasteiger partial charge < -0.3 is 9.80 Å². The quantitative estimate of drug-likeness (QED) is 0.545. The van der Waals surface area contributed by atoms with Crippen LogP contribution in [0.1, 0.15) is 5.56 Å². The molecule has 0 saturated carbocycles. The highest BCUT2D eigenvalue weighted by molar-refractivity contribution is 6.30. The van der Waals surface area contributed by atoms with Crippen LogP contribution in [0.3, 0.4) is 0 Å². The van der Waals surface area contributed by atoms with E-state index in [1.54, 1.807) is 0 Å². The molecule has 0 atom stereocenters. The zero-order valence-corrected chi connectivity index (χ0v) is 18.0. The molecule has 0 aromatic heterocycles. The summed E-state index contributed by atoms with van der Waals surface area (Å²) in [6.07, 6.45) is 0. The van der Waals surface area contributed by atoms with Gasteiger partial charge in [0.05, 0.1) is 17.9 Å². The Morgan fingerprint density at radius 1 is 0.871 bits per heavy atom. The van der Waals surface area contributed by atoms with E-state index >= 15 is 0 Å². The van der Waals surface area contributed by atoms with Gasteiger partial charge in [-0.1, -0.05) is 35.9 Å². The fraction of sp³-hybridized carbons (Fsp3) is 0.240. The molecule has 1 saturated heterocycles. The third-order valence-electron chi connectivity index (χ3n) is 5.89. The fourth-order valence-electron chi connectivity index (χ4n) is 4.27. The van der Waals surface area contributed by atoms with E-state index in [9.17, 15) is 4.39 Å². The maximum absolute atomic E-state index is 13.5. The Kier molecular flexibility index (Phi) is 5.62. The zero-order chi connectivity index (χ0) is 21.2. The lowest BCUT2D eigenvalue weighted by molar-refractivity contribution is 0.174. The molecule has 3 aromatic carbocycles. The van der Waals surface area contributed by atoms with Gasteiger partial charge in [-0.15, -0.1) is 0 Å². The van der Waals surface area contributed by atoms with E-state index in [2.05, 4.69) is 26.8 Å². The van der Waals surface area contributed by atoms with Crippen molar-refractivity contribution in [3.8, 4) is 0 Å². The molecule has 2 aliphatic rings. The third kappa shape index (κ3) is 4.43. The normalized spacial score (nSPS) is 16.8. The monoisotopic (exact) mass is 434 g/mol. The Morgan fingerprint density at radius 3 is 2.42 bits per heavy atom. The number of nitrogens with zero attached hydrogens (tertiary/aromatic N) is 4. The van der Waals surface area contributed by atoms with Gasteiger partial charge in [0, 0.05) is 43.4 Å². The lowest BCUT2D eigenvalue weighted by atomic mass is 10.1. The number of fused-ring (bicyclic) bond motifs is 1. The highest BCUT2D eigenvalue weighted by atomic mass is 35.5. The second kappa shape index (κ2) is 8.69. The van der Waals surface area contributed by atoms with Gasteiger partial charge in [-0.2, -0.15) is 0 Å². The van der Waals surface area contributed by atoms with E-state index in [-0.39, 0.29) is 5.82 Å². The smallest absolute Gasteiger partial charge is 0.125 e. The van der Waals surface area contributed by atoms with Gasteiger partial charge in [-0.25, -0.2) is 9.38 Å². The molecule has 158 valence electrons. The van der Waals surface area contributed by atoms with E-state index in [0.29, 0.717) is 6.54 Å². The van der Waals surface area contributed by atoms with E-state index in [1.165, 1.54) is 17.7 Å². The molecular formula is C25H24ClFN4. The first kappa shape index (κ1) is 20.0. The van der Waals surface area contributed by atoms with Crippen LogP contribution in [-0.4, -0.2) is 48.4 Å². The average molecular weight is 435 g/mol. The third-order valence-corrected chi connectivity index (χ3v) is 6.13. The molecule has 4 nitrogen and oxygen atoms in total. The van der Waals surface area contributed by atoms with Crippen LogP contribution in [-0.2, 0) is 6.54 Å². The van der Waals surface area contributed by atoms with Gasteiger partial charge in [0.2, 0.25) is 0 Å². The van der Waals surface area contributed by atoms with Crippen molar-refractivity contribution in [3.05, 3.63) is 89.2 Å². The standard InChI is InChI=1S/C25H24ClFN4/c26-20-5-3-4-19(16-20)17-29-12-14-30(15-13-29)25-18-31(22-10-8-21(27)9-11-22)24-7-2-1-6-23(24)28-25/h1-11,16H,12-15,17-18H2. The molecule has 31 heavy (non-hydrogen) atoms. The zero-order valence-electron chi connectivity index (χ0n) is 17.2. The van der Waals surface area contributed by atoms with E-state index in [0.717, 1.165) is 60.6 Å². The lowest BCUT2D eigenvalue weighted by Gasteiger charge is -2.40. The van der Waals surface area contributed by atoms with Crippen molar-refractivity contribution in [3.63, 3.8) is 0 Å². The summed E-state index contributed by atoms with van der Waals surface area (Å²) < 4.78 is 13.5. The first-order valence-electron chi connectivity index (χ1n) is 10.6. The molecule has 1 fully saturated rings. The summed E-state index contributed by atoms with van der Waals surface area (Å²) >= 11 is 6.13. The summed E-state index contributed by atoms with van der Waals surface area (Å²) in [5.41, 5.74) is 4.22. The number of anilines is 2. The van der Waals surface area contributed by atoms with Crippen LogP contribution in [0.15, 0.2) is 77.8 Å². The highest BCUT2D eigenvalue weighted by Gasteiger charge is 2.26. The van der Waals surface area contributed by atoms with E-state index in [4.69, 9.17) is 16.6 Å². The van der Waals surface area contributed by atoms with Gasteiger partial charge in [-0.3, -0.25) is 4.90 Å². The molecule has 6 heteroatoms. The Morgan fingerprint density at radius 2 is 1.65 bits per heavy atom. The van der Waals surface area contributed by atoms with Crippen LogP contribution in [0.4, 0.5) is 21.5 Å². The maximum Gasteiger partial charge on any atom is 0.125 e. The molecule has 3 aromatic rings. The number of para-hydroxylation sites is 2. The lowest BCUT2D eigenvalue weighted by Crippen LogP contribution is -2.51. The Hall–Kier alpha value is -2.89. The van der Waals surface area contributed by atoms with E-state index in [1.807, 2.05) is 48.5 Å².